The Hall–Kier alpha value is -2.27. The molecule has 0 aliphatic carbocycles. The van der Waals surface area contributed by atoms with Gasteiger partial charge in [0.2, 0.25) is 0 Å². The fraction of sp³-hybridized carbons (Fsp3) is 0.118. The van der Waals surface area contributed by atoms with Crippen LogP contribution in [-0.4, -0.2) is 24.4 Å². The molecule has 0 aliphatic heterocycles. The maximum absolute atomic E-state index is 13.0. The molecule has 7 heteroatoms. The summed E-state index contributed by atoms with van der Waals surface area (Å²) in [6.45, 7) is 0. The van der Waals surface area contributed by atoms with Crippen molar-refractivity contribution in [2.45, 2.75) is 0 Å². The van der Waals surface area contributed by atoms with Crippen molar-refractivity contribution in [1.82, 2.24) is 3.29 Å². The van der Waals surface area contributed by atoms with E-state index in [9.17, 15) is 20.0 Å². The molecule has 0 saturated heterocycles. The first-order chi connectivity index (χ1) is 11.5. The second-order valence-corrected chi connectivity index (χ2v) is 6.74. The molecule has 0 N–H and O–H groups in total. The number of benzene rings is 2. The lowest BCUT2D eigenvalue weighted by molar-refractivity contribution is -0.253. The van der Waals surface area contributed by atoms with Gasteiger partial charge in [-0.1, -0.05) is 24.3 Å². The number of para-hydroxylation sites is 1. The van der Waals surface area contributed by atoms with Crippen molar-refractivity contribution < 1.29 is 14.7 Å². The summed E-state index contributed by atoms with van der Waals surface area (Å²) in [7, 11) is 0. The predicted octanol–water partition coefficient (Wildman–Crippen LogP) is 3.00. The van der Waals surface area contributed by atoms with Gasteiger partial charge in [0.1, 0.15) is 0 Å². The third kappa shape index (κ3) is 3.04. The van der Waals surface area contributed by atoms with Gasteiger partial charge < -0.3 is 9.90 Å². The van der Waals surface area contributed by atoms with E-state index < -0.39 is 15.2 Å². The summed E-state index contributed by atoms with van der Waals surface area (Å²) in [5, 5.41) is 21.0. The molecule has 0 atom stereocenters. The van der Waals surface area contributed by atoms with Gasteiger partial charge in [-0.3, -0.25) is 4.79 Å². The summed E-state index contributed by atoms with van der Waals surface area (Å²) in [4.78, 5) is 24.7. The predicted molar refractivity (Wildman–Crippen MR) is 95.3 cm³/mol. The summed E-state index contributed by atoms with van der Waals surface area (Å²) >= 11 is 2.07. The van der Waals surface area contributed by atoms with Crippen molar-refractivity contribution in [2.24, 2.45) is 0 Å². The number of rotatable bonds is 5. The quantitative estimate of drug-likeness (QED) is 0.464. The number of carbonyl (C=O) groups is 2. The maximum atomic E-state index is 13.0. The summed E-state index contributed by atoms with van der Waals surface area (Å²) < 4.78 is -0.614. The van der Waals surface area contributed by atoms with Crippen LogP contribution in [0.2, 0.25) is 0 Å². The molecule has 122 valence electrons. The minimum Gasteiger partial charge on any atom is -0.496 e. The van der Waals surface area contributed by atoms with Crippen LogP contribution in [0.25, 0.3) is 0 Å². The van der Waals surface area contributed by atoms with Crippen LogP contribution in [0.15, 0.2) is 48.5 Å². The largest absolute Gasteiger partial charge is 0.496 e. The average molecular weight is 358 g/mol. The first-order valence-electron chi connectivity index (χ1n) is 6.87. The van der Waals surface area contributed by atoms with E-state index in [4.69, 9.17) is 0 Å². The SMILES string of the molecule is CS[N+](SC)(C(=O)[O-])c1ccccc1C(=O)c1ccccc1C#N. The summed E-state index contributed by atoms with van der Waals surface area (Å²) in [6.07, 6.45) is 1.94. The molecule has 2 aromatic rings. The number of ketones is 1. The number of nitrogens with zero attached hydrogens (tertiary/aromatic N) is 2. The number of carbonyl (C=O) groups excluding carboxylic acids is 2. The smallest absolute Gasteiger partial charge is 0.287 e. The van der Waals surface area contributed by atoms with Crippen LogP contribution in [0.4, 0.5) is 10.5 Å². The molecule has 2 rings (SSSR count). The van der Waals surface area contributed by atoms with Crippen molar-refractivity contribution in [1.29, 1.82) is 5.26 Å². The molecule has 5 nitrogen and oxygen atoms in total. The van der Waals surface area contributed by atoms with Crippen LogP contribution >= 0.6 is 23.9 Å². The average Bonchev–Trinajstić information content (AvgIpc) is 2.62. The van der Waals surface area contributed by atoms with Crippen LogP contribution in [0, 0.1) is 11.3 Å². The first kappa shape index (κ1) is 18.1. The van der Waals surface area contributed by atoms with Gasteiger partial charge in [0.25, 0.3) is 6.09 Å². The molecule has 0 aliphatic rings. The molecule has 1 amide bonds. The van der Waals surface area contributed by atoms with Crippen LogP contribution in [-0.2, 0) is 0 Å². The van der Waals surface area contributed by atoms with Gasteiger partial charge in [-0.05, 0) is 18.2 Å². The Bertz CT molecular complexity index is 827. The minimum absolute atomic E-state index is 0.230. The molecule has 0 fully saturated rings. The lowest BCUT2D eigenvalue weighted by Gasteiger charge is -2.31. The number of hydrogen-bond acceptors (Lipinski definition) is 6. The Morgan fingerprint density at radius 1 is 1.00 bits per heavy atom. The van der Waals surface area contributed by atoms with E-state index in [0.29, 0.717) is 5.69 Å². The molecular weight excluding hydrogens is 344 g/mol. The van der Waals surface area contributed by atoms with Crippen LogP contribution in [0.1, 0.15) is 21.5 Å². The molecule has 2 aromatic carbocycles. The Kier molecular flexibility index (Phi) is 5.67. The van der Waals surface area contributed by atoms with E-state index in [1.807, 2.05) is 6.07 Å². The number of quaternary nitrogens is 1. The molecule has 0 aromatic heterocycles. The topological polar surface area (TPSA) is 81.0 Å². The van der Waals surface area contributed by atoms with Crippen molar-refractivity contribution in [3.8, 4) is 6.07 Å². The molecule has 0 unspecified atom stereocenters. The molecule has 0 heterocycles. The Labute approximate surface area is 148 Å². The fourth-order valence-corrected chi connectivity index (χ4v) is 3.97. The van der Waals surface area contributed by atoms with Crippen molar-refractivity contribution in [3.05, 3.63) is 65.2 Å². The maximum Gasteiger partial charge on any atom is 0.287 e. The second kappa shape index (κ2) is 7.53. The van der Waals surface area contributed by atoms with Crippen LogP contribution < -0.4 is 8.40 Å². The number of hydrogen-bond donors (Lipinski definition) is 0. The number of amides is 1. The van der Waals surface area contributed by atoms with E-state index in [-0.39, 0.29) is 16.7 Å². The van der Waals surface area contributed by atoms with E-state index in [2.05, 4.69) is 0 Å². The third-order valence-corrected chi connectivity index (χ3v) is 6.13. The normalized spacial score (nSPS) is 10.9. The minimum atomic E-state index is -1.33. The van der Waals surface area contributed by atoms with E-state index >= 15 is 0 Å². The van der Waals surface area contributed by atoms with E-state index in [0.717, 1.165) is 23.9 Å². The van der Waals surface area contributed by atoms with Crippen LogP contribution in [0.3, 0.4) is 0 Å². The molecular formula is C17H14N2O3S2. The van der Waals surface area contributed by atoms with Crippen molar-refractivity contribution in [2.75, 3.05) is 12.5 Å². The zero-order valence-electron chi connectivity index (χ0n) is 13.1. The molecule has 0 spiro atoms. The lowest BCUT2D eigenvalue weighted by Crippen LogP contribution is -2.49. The highest BCUT2D eigenvalue weighted by molar-refractivity contribution is 8.15. The molecule has 0 radical (unpaired) electrons. The van der Waals surface area contributed by atoms with Gasteiger partial charge in [0.15, 0.2) is 11.5 Å². The lowest BCUT2D eigenvalue weighted by atomic mass is 9.98. The Morgan fingerprint density at radius 2 is 1.54 bits per heavy atom. The highest BCUT2D eigenvalue weighted by Crippen LogP contribution is 2.41. The van der Waals surface area contributed by atoms with Gasteiger partial charge in [0, 0.05) is 24.1 Å². The summed E-state index contributed by atoms with van der Waals surface area (Å²) in [5.41, 5.74) is 1.02. The Balaban J connectivity index is 2.68. The zero-order chi connectivity index (χ0) is 17.7. The van der Waals surface area contributed by atoms with Gasteiger partial charge in [-0.25, -0.2) is 0 Å². The van der Waals surface area contributed by atoms with E-state index in [1.54, 1.807) is 61.0 Å². The Morgan fingerprint density at radius 3 is 2.08 bits per heavy atom. The van der Waals surface area contributed by atoms with Crippen molar-refractivity contribution >= 4 is 41.5 Å². The monoisotopic (exact) mass is 358 g/mol. The first-order valence-corrected chi connectivity index (χ1v) is 9.23. The molecule has 24 heavy (non-hydrogen) atoms. The highest BCUT2D eigenvalue weighted by Gasteiger charge is 2.38. The summed E-state index contributed by atoms with van der Waals surface area (Å²) in [6, 6.07) is 14.9. The second-order valence-electron chi connectivity index (χ2n) is 4.69. The zero-order valence-corrected chi connectivity index (χ0v) is 14.7. The molecule has 0 bridgehead atoms. The molecule has 0 saturated carbocycles. The van der Waals surface area contributed by atoms with Crippen molar-refractivity contribution in [3.63, 3.8) is 0 Å². The van der Waals surface area contributed by atoms with E-state index in [1.165, 1.54) is 0 Å². The number of carboxylic acid groups (broad SMARTS) is 1. The van der Waals surface area contributed by atoms with Gasteiger partial charge in [-0.2, -0.15) is 5.26 Å². The van der Waals surface area contributed by atoms with Gasteiger partial charge in [-0.15, -0.1) is 3.29 Å². The standard InChI is InChI=1S/C17H14N2O3S2/c1-23-19(24-2,17(21)22)15-10-6-5-9-14(15)16(20)13-8-4-3-7-12(13)11-18/h3-10H,1-2H3. The number of nitriles is 1. The third-order valence-electron chi connectivity index (χ3n) is 3.51. The van der Waals surface area contributed by atoms with Gasteiger partial charge >= 0.3 is 0 Å². The fourth-order valence-electron chi connectivity index (χ4n) is 2.36. The highest BCUT2D eigenvalue weighted by atomic mass is 32.2. The van der Waals surface area contributed by atoms with Gasteiger partial charge in [0.05, 0.1) is 41.1 Å². The van der Waals surface area contributed by atoms with Crippen LogP contribution in [0.5, 0.6) is 0 Å². The summed E-state index contributed by atoms with van der Waals surface area (Å²) in [5.74, 6) is -0.394.